The summed E-state index contributed by atoms with van der Waals surface area (Å²) < 4.78 is 7.50. The molecule has 1 atom stereocenters. The molecule has 0 saturated heterocycles. The van der Waals surface area contributed by atoms with E-state index in [-0.39, 0.29) is 0 Å². The van der Waals surface area contributed by atoms with Crippen LogP contribution < -0.4 is 5.32 Å². The first-order valence-electron chi connectivity index (χ1n) is 6.71. The maximum absolute atomic E-state index is 5.27. The summed E-state index contributed by atoms with van der Waals surface area (Å²) in [6.07, 6.45) is 0.770. The number of hydrogen-bond donors (Lipinski definition) is 1. The van der Waals surface area contributed by atoms with Crippen molar-refractivity contribution in [2.75, 3.05) is 7.05 Å². The molecule has 21 heavy (non-hydrogen) atoms. The van der Waals surface area contributed by atoms with Crippen molar-refractivity contribution >= 4 is 33.3 Å². The van der Waals surface area contributed by atoms with Gasteiger partial charge in [-0.25, -0.2) is 4.98 Å². The molecule has 7 heteroatoms. The predicted octanol–water partition coefficient (Wildman–Crippen LogP) is 3.12. The molecule has 3 rings (SSSR count). The van der Waals surface area contributed by atoms with Crippen molar-refractivity contribution < 1.29 is 4.52 Å². The summed E-state index contributed by atoms with van der Waals surface area (Å²) in [5.41, 5.74) is 1.04. The average molecular weight is 320 g/mol. The van der Waals surface area contributed by atoms with Gasteiger partial charge in [-0.1, -0.05) is 29.1 Å². The summed E-state index contributed by atoms with van der Waals surface area (Å²) in [6.45, 7) is 2.09. The third-order valence-electron chi connectivity index (χ3n) is 3.09. The summed E-state index contributed by atoms with van der Waals surface area (Å²) in [4.78, 5) is 8.98. The minimum absolute atomic E-state index is 0.340. The zero-order valence-corrected chi connectivity index (χ0v) is 13.5. The Morgan fingerprint density at radius 3 is 3.00 bits per heavy atom. The van der Waals surface area contributed by atoms with Crippen LogP contribution in [0.25, 0.3) is 10.2 Å². The molecule has 0 bridgehead atoms. The van der Waals surface area contributed by atoms with E-state index in [9.17, 15) is 0 Å². The third kappa shape index (κ3) is 3.61. The van der Waals surface area contributed by atoms with Crippen molar-refractivity contribution in [3.63, 3.8) is 0 Å². The van der Waals surface area contributed by atoms with E-state index in [0.717, 1.165) is 22.1 Å². The second kappa shape index (κ2) is 6.55. The molecule has 0 radical (unpaired) electrons. The van der Waals surface area contributed by atoms with Gasteiger partial charge in [-0.3, -0.25) is 0 Å². The van der Waals surface area contributed by atoms with Crippen LogP contribution in [-0.2, 0) is 12.2 Å². The maximum Gasteiger partial charge on any atom is 0.237 e. The SMILES string of the molecule is CNC(C)Cc1noc(CSc2nc3ccccc3s2)n1. The number of nitrogens with zero attached hydrogens (tertiary/aromatic N) is 3. The molecular formula is C14H16N4OS2. The number of thiazole rings is 1. The minimum Gasteiger partial charge on any atom is -0.338 e. The molecule has 0 spiro atoms. The van der Waals surface area contributed by atoms with Crippen LogP contribution in [0.4, 0.5) is 0 Å². The van der Waals surface area contributed by atoms with Crippen molar-refractivity contribution in [1.82, 2.24) is 20.4 Å². The Balaban J connectivity index is 1.62. The summed E-state index contributed by atoms with van der Waals surface area (Å²) in [6, 6.07) is 8.49. The molecule has 0 aliphatic rings. The fourth-order valence-electron chi connectivity index (χ4n) is 1.84. The molecule has 0 amide bonds. The van der Waals surface area contributed by atoms with E-state index in [1.165, 1.54) is 4.70 Å². The fourth-order valence-corrected chi connectivity index (χ4v) is 3.75. The highest BCUT2D eigenvalue weighted by atomic mass is 32.2. The Labute approximate surface area is 131 Å². The maximum atomic E-state index is 5.27. The number of para-hydroxylation sites is 1. The molecule has 2 heterocycles. The molecular weight excluding hydrogens is 304 g/mol. The van der Waals surface area contributed by atoms with Crippen LogP contribution in [0, 0.1) is 0 Å². The van der Waals surface area contributed by atoms with Crippen molar-refractivity contribution in [2.45, 2.75) is 29.5 Å². The smallest absolute Gasteiger partial charge is 0.237 e. The van der Waals surface area contributed by atoms with Gasteiger partial charge >= 0.3 is 0 Å². The quantitative estimate of drug-likeness (QED) is 0.704. The average Bonchev–Trinajstić information content (AvgIpc) is 3.10. The largest absolute Gasteiger partial charge is 0.338 e. The van der Waals surface area contributed by atoms with Gasteiger partial charge in [0.05, 0.1) is 16.0 Å². The molecule has 0 saturated carbocycles. The van der Waals surface area contributed by atoms with E-state index < -0.39 is 0 Å². The van der Waals surface area contributed by atoms with Gasteiger partial charge in [0.15, 0.2) is 10.2 Å². The number of rotatable bonds is 6. The van der Waals surface area contributed by atoms with Crippen LogP contribution in [0.5, 0.6) is 0 Å². The lowest BCUT2D eigenvalue weighted by atomic mass is 10.2. The van der Waals surface area contributed by atoms with Gasteiger partial charge < -0.3 is 9.84 Å². The van der Waals surface area contributed by atoms with Gasteiger partial charge in [0.25, 0.3) is 0 Å². The van der Waals surface area contributed by atoms with Gasteiger partial charge in [-0.05, 0) is 26.1 Å². The lowest BCUT2D eigenvalue weighted by Gasteiger charge is -2.04. The van der Waals surface area contributed by atoms with E-state index in [4.69, 9.17) is 4.52 Å². The van der Waals surface area contributed by atoms with E-state index in [0.29, 0.717) is 17.7 Å². The molecule has 5 nitrogen and oxygen atoms in total. The van der Waals surface area contributed by atoms with Crippen molar-refractivity contribution in [3.05, 3.63) is 36.0 Å². The molecule has 0 fully saturated rings. The number of nitrogens with one attached hydrogen (secondary N) is 1. The zero-order chi connectivity index (χ0) is 14.7. The third-order valence-corrected chi connectivity index (χ3v) is 5.25. The highest BCUT2D eigenvalue weighted by Gasteiger charge is 2.11. The monoisotopic (exact) mass is 320 g/mol. The molecule has 1 N–H and O–H groups in total. The Kier molecular flexibility index (Phi) is 4.52. The van der Waals surface area contributed by atoms with E-state index in [2.05, 4.69) is 33.4 Å². The number of fused-ring (bicyclic) bond motifs is 1. The van der Waals surface area contributed by atoms with Crippen molar-refractivity contribution in [3.8, 4) is 0 Å². The molecule has 1 aromatic carbocycles. The van der Waals surface area contributed by atoms with Gasteiger partial charge in [-0.15, -0.1) is 11.3 Å². The van der Waals surface area contributed by atoms with Gasteiger partial charge in [0.1, 0.15) is 0 Å². The highest BCUT2D eigenvalue weighted by Crippen LogP contribution is 2.30. The number of aromatic nitrogens is 3. The lowest BCUT2D eigenvalue weighted by molar-refractivity contribution is 0.382. The van der Waals surface area contributed by atoms with Gasteiger partial charge in [0, 0.05) is 12.5 Å². The Morgan fingerprint density at radius 1 is 1.33 bits per heavy atom. The summed E-state index contributed by atoms with van der Waals surface area (Å²) in [7, 11) is 1.93. The molecule has 0 aliphatic carbocycles. The minimum atomic E-state index is 0.340. The highest BCUT2D eigenvalue weighted by molar-refractivity contribution is 8.00. The van der Waals surface area contributed by atoms with Crippen LogP contribution in [0.2, 0.25) is 0 Å². The first-order valence-corrected chi connectivity index (χ1v) is 8.52. The van der Waals surface area contributed by atoms with Crippen LogP contribution in [0.1, 0.15) is 18.6 Å². The topological polar surface area (TPSA) is 63.8 Å². The molecule has 3 aromatic rings. The Morgan fingerprint density at radius 2 is 2.19 bits per heavy atom. The molecule has 110 valence electrons. The first-order chi connectivity index (χ1) is 10.2. The van der Waals surface area contributed by atoms with E-state index in [1.54, 1.807) is 23.1 Å². The van der Waals surface area contributed by atoms with E-state index in [1.807, 2.05) is 25.2 Å². The van der Waals surface area contributed by atoms with Gasteiger partial charge in [-0.2, -0.15) is 4.98 Å². The number of hydrogen-bond acceptors (Lipinski definition) is 7. The molecule has 0 aliphatic heterocycles. The number of thioether (sulfide) groups is 1. The van der Waals surface area contributed by atoms with Crippen LogP contribution in [0.15, 0.2) is 33.1 Å². The van der Waals surface area contributed by atoms with Gasteiger partial charge in [0.2, 0.25) is 5.89 Å². The van der Waals surface area contributed by atoms with E-state index >= 15 is 0 Å². The van der Waals surface area contributed by atoms with Crippen LogP contribution in [0.3, 0.4) is 0 Å². The summed E-state index contributed by atoms with van der Waals surface area (Å²) >= 11 is 3.32. The van der Waals surface area contributed by atoms with Crippen LogP contribution in [-0.4, -0.2) is 28.2 Å². The lowest BCUT2D eigenvalue weighted by Crippen LogP contribution is -2.24. The normalized spacial score (nSPS) is 12.9. The predicted molar refractivity (Wildman–Crippen MR) is 85.7 cm³/mol. The second-order valence-electron chi connectivity index (χ2n) is 4.73. The fraction of sp³-hybridized carbons (Fsp3) is 0.357. The van der Waals surface area contributed by atoms with Crippen molar-refractivity contribution in [1.29, 1.82) is 0 Å². The second-order valence-corrected chi connectivity index (χ2v) is 6.99. The number of likely N-dealkylation sites (N-methyl/N-ethyl adjacent to an activating group) is 1. The molecule has 2 aromatic heterocycles. The van der Waals surface area contributed by atoms with Crippen LogP contribution >= 0.6 is 23.1 Å². The first kappa shape index (κ1) is 14.5. The van der Waals surface area contributed by atoms with Crippen molar-refractivity contribution in [2.24, 2.45) is 0 Å². The Bertz CT molecular complexity index is 691. The summed E-state index contributed by atoms with van der Waals surface area (Å²) in [5.74, 6) is 2.05. The zero-order valence-electron chi connectivity index (χ0n) is 11.9. The standard InChI is InChI=1S/C14H16N4OS2/c1-9(15-2)7-12-17-13(19-18-12)8-20-14-16-10-5-3-4-6-11(10)21-14/h3-6,9,15H,7-8H2,1-2H3. The Hall–Kier alpha value is -1.44. The molecule has 1 unspecified atom stereocenters. The summed E-state index contributed by atoms with van der Waals surface area (Å²) in [5, 5.41) is 7.16. The number of benzene rings is 1.